The van der Waals surface area contributed by atoms with Gasteiger partial charge < -0.3 is 0 Å². The highest BCUT2D eigenvalue weighted by Crippen LogP contribution is 2.37. The van der Waals surface area contributed by atoms with Gasteiger partial charge in [0.2, 0.25) is 0 Å². The van der Waals surface area contributed by atoms with Crippen LogP contribution in [0.5, 0.6) is 0 Å². The van der Waals surface area contributed by atoms with Gasteiger partial charge >= 0.3 is 0 Å². The zero-order valence-electron chi connectivity index (χ0n) is 12.4. The lowest BCUT2D eigenvalue weighted by Gasteiger charge is -2.28. The molecule has 0 saturated heterocycles. The van der Waals surface area contributed by atoms with Crippen LogP contribution in [0.25, 0.3) is 0 Å². The first-order chi connectivity index (χ1) is 10.8. The molecule has 0 bridgehead atoms. The van der Waals surface area contributed by atoms with Crippen molar-refractivity contribution in [2.75, 3.05) is 0 Å². The van der Waals surface area contributed by atoms with Crippen molar-refractivity contribution in [1.29, 1.82) is 5.26 Å². The molecular formula is C19H18N2O. The molecule has 0 unspecified atom stereocenters. The number of rotatable bonds is 3. The van der Waals surface area contributed by atoms with E-state index in [2.05, 4.69) is 11.1 Å². The molecule has 3 heteroatoms. The Morgan fingerprint density at radius 2 is 2.00 bits per heavy atom. The number of nitriles is 1. The van der Waals surface area contributed by atoms with Gasteiger partial charge in [-0.25, -0.2) is 0 Å². The number of Topliss-reactive ketones (excluding diaryl/α,β-unsaturated/α-hetero) is 1. The minimum absolute atomic E-state index is 0.0636. The van der Waals surface area contributed by atoms with Crippen LogP contribution in [-0.2, 0) is 0 Å². The highest BCUT2D eigenvalue weighted by molar-refractivity contribution is 5.97. The van der Waals surface area contributed by atoms with Crippen molar-refractivity contribution in [3.8, 4) is 6.07 Å². The molecule has 1 aliphatic carbocycles. The molecule has 1 aromatic heterocycles. The van der Waals surface area contributed by atoms with Gasteiger partial charge in [0.15, 0.2) is 5.78 Å². The van der Waals surface area contributed by atoms with Crippen LogP contribution in [0.2, 0.25) is 0 Å². The van der Waals surface area contributed by atoms with Gasteiger partial charge in [-0.05, 0) is 31.4 Å². The van der Waals surface area contributed by atoms with Crippen molar-refractivity contribution in [1.82, 2.24) is 4.98 Å². The molecule has 22 heavy (non-hydrogen) atoms. The van der Waals surface area contributed by atoms with Crippen LogP contribution in [0.4, 0.5) is 0 Å². The minimum atomic E-state index is 0.0636. The maximum absolute atomic E-state index is 12.6. The Morgan fingerprint density at radius 1 is 1.18 bits per heavy atom. The molecule has 1 fully saturated rings. The summed E-state index contributed by atoms with van der Waals surface area (Å²) in [5.41, 5.74) is 2.39. The monoisotopic (exact) mass is 290 g/mol. The Hall–Kier alpha value is -2.47. The number of hydrogen-bond acceptors (Lipinski definition) is 3. The van der Waals surface area contributed by atoms with Crippen LogP contribution in [0.15, 0.2) is 48.7 Å². The summed E-state index contributed by atoms with van der Waals surface area (Å²) in [7, 11) is 0. The highest BCUT2D eigenvalue weighted by Gasteiger charge is 2.29. The Morgan fingerprint density at radius 3 is 2.77 bits per heavy atom. The molecule has 3 rings (SSSR count). The number of carbonyl (C=O) groups excluding carboxylic acids is 1. The maximum Gasteiger partial charge on any atom is 0.165 e. The minimum Gasteiger partial charge on any atom is -0.294 e. The van der Waals surface area contributed by atoms with E-state index in [4.69, 9.17) is 5.26 Å². The van der Waals surface area contributed by atoms with Crippen molar-refractivity contribution in [3.63, 3.8) is 0 Å². The van der Waals surface area contributed by atoms with E-state index in [1.807, 2.05) is 36.4 Å². The number of benzene rings is 1. The fraction of sp³-hybridized carbons (Fsp3) is 0.316. The van der Waals surface area contributed by atoms with Gasteiger partial charge in [0.05, 0.1) is 11.6 Å². The molecule has 1 saturated carbocycles. The number of hydrogen-bond donors (Lipinski definition) is 0. The molecule has 110 valence electrons. The second-order valence-electron chi connectivity index (χ2n) is 5.87. The predicted molar refractivity (Wildman–Crippen MR) is 84.4 cm³/mol. The first kappa shape index (κ1) is 14.5. The standard InChI is InChI=1S/C19H18N2O/c20-13-14-9-10-21-18(11-14)16-7-4-8-17(12-16)19(22)15-5-2-1-3-6-15/h1-3,5-6,9-11,16-17H,4,7-8,12H2/t16-,17+/m0/s1. The van der Waals surface area contributed by atoms with E-state index in [1.165, 1.54) is 0 Å². The summed E-state index contributed by atoms with van der Waals surface area (Å²) in [6.07, 6.45) is 5.54. The summed E-state index contributed by atoms with van der Waals surface area (Å²) >= 11 is 0. The SMILES string of the molecule is N#Cc1ccnc([C@H]2CCC[C@@H](C(=O)c3ccccc3)C2)c1. The molecule has 0 radical (unpaired) electrons. The Labute approximate surface area is 130 Å². The fourth-order valence-corrected chi connectivity index (χ4v) is 3.28. The van der Waals surface area contributed by atoms with Crippen molar-refractivity contribution in [3.05, 3.63) is 65.5 Å². The zero-order valence-corrected chi connectivity index (χ0v) is 12.4. The fourth-order valence-electron chi connectivity index (χ4n) is 3.28. The van der Waals surface area contributed by atoms with Crippen LogP contribution in [0.3, 0.4) is 0 Å². The van der Waals surface area contributed by atoms with Gasteiger partial charge in [0.25, 0.3) is 0 Å². The van der Waals surface area contributed by atoms with Crippen molar-refractivity contribution < 1.29 is 4.79 Å². The van der Waals surface area contributed by atoms with E-state index < -0.39 is 0 Å². The van der Waals surface area contributed by atoms with E-state index in [0.717, 1.165) is 36.9 Å². The molecule has 2 atom stereocenters. The van der Waals surface area contributed by atoms with Crippen molar-refractivity contribution in [2.45, 2.75) is 31.6 Å². The summed E-state index contributed by atoms with van der Waals surface area (Å²) < 4.78 is 0. The summed E-state index contributed by atoms with van der Waals surface area (Å²) in [6.45, 7) is 0. The Bertz CT molecular complexity index is 703. The number of pyridine rings is 1. The second-order valence-corrected chi connectivity index (χ2v) is 5.87. The Balaban J connectivity index is 1.77. The first-order valence-corrected chi connectivity index (χ1v) is 7.73. The molecular weight excluding hydrogens is 272 g/mol. The molecule has 3 nitrogen and oxygen atoms in total. The third-order valence-electron chi connectivity index (χ3n) is 4.43. The van der Waals surface area contributed by atoms with Crippen LogP contribution in [0, 0.1) is 17.2 Å². The second kappa shape index (κ2) is 6.53. The quantitative estimate of drug-likeness (QED) is 0.799. The lowest BCUT2D eigenvalue weighted by Crippen LogP contribution is -2.22. The van der Waals surface area contributed by atoms with Gasteiger partial charge in [-0.2, -0.15) is 5.26 Å². The summed E-state index contributed by atoms with van der Waals surface area (Å²) in [5, 5.41) is 9.02. The van der Waals surface area contributed by atoms with Gasteiger partial charge in [-0.15, -0.1) is 0 Å². The highest BCUT2D eigenvalue weighted by atomic mass is 16.1. The largest absolute Gasteiger partial charge is 0.294 e. The molecule has 2 aromatic rings. The van der Waals surface area contributed by atoms with Gasteiger partial charge in [0.1, 0.15) is 0 Å². The number of nitrogens with zero attached hydrogens (tertiary/aromatic N) is 2. The average Bonchev–Trinajstić information content (AvgIpc) is 2.62. The lowest BCUT2D eigenvalue weighted by atomic mass is 9.76. The van der Waals surface area contributed by atoms with Gasteiger partial charge in [-0.3, -0.25) is 9.78 Å². The molecule has 1 aliphatic rings. The summed E-state index contributed by atoms with van der Waals surface area (Å²) in [4.78, 5) is 17.0. The maximum atomic E-state index is 12.6. The molecule has 0 spiro atoms. The van der Waals surface area contributed by atoms with Gasteiger partial charge in [0, 0.05) is 29.3 Å². The summed E-state index contributed by atoms with van der Waals surface area (Å²) in [6, 6.07) is 15.3. The van der Waals surface area contributed by atoms with E-state index in [-0.39, 0.29) is 17.6 Å². The van der Waals surface area contributed by atoms with Crippen LogP contribution in [-0.4, -0.2) is 10.8 Å². The molecule has 0 N–H and O–H groups in total. The Kier molecular flexibility index (Phi) is 4.29. The molecule has 1 aromatic carbocycles. The van der Waals surface area contributed by atoms with Crippen LogP contribution < -0.4 is 0 Å². The summed E-state index contributed by atoms with van der Waals surface area (Å²) in [5.74, 6) is 0.579. The third-order valence-corrected chi connectivity index (χ3v) is 4.43. The smallest absolute Gasteiger partial charge is 0.165 e. The third kappa shape index (κ3) is 3.07. The van der Waals surface area contributed by atoms with Gasteiger partial charge in [-0.1, -0.05) is 36.8 Å². The average molecular weight is 290 g/mol. The topological polar surface area (TPSA) is 53.8 Å². The molecule has 1 heterocycles. The lowest BCUT2D eigenvalue weighted by molar-refractivity contribution is 0.0880. The van der Waals surface area contributed by atoms with Crippen LogP contribution >= 0.6 is 0 Å². The van der Waals surface area contributed by atoms with Crippen molar-refractivity contribution in [2.24, 2.45) is 5.92 Å². The van der Waals surface area contributed by atoms with E-state index >= 15 is 0 Å². The number of carbonyl (C=O) groups is 1. The zero-order chi connectivity index (χ0) is 15.4. The predicted octanol–water partition coefficient (Wildman–Crippen LogP) is 4.11. The van der Waals surface area contributed by atoms with E-state index in [0.29, 0.717) is 5.56 Å². The molecule has 0 amide bonds. The number of aromatic nitrogens is 1. The first-order valence-electron chi connectivity index (χ1n) is 7.73. The van der Waals surface area contributed by atoms with Crippen LogP contribution in [0.1, 0.15) is 53.2 Å². The van der Waals surface area contributed by atoms with E-state index in [9.17, 15) is 4.79 Å². The van der Waals surface area contributed by atoms with E-state index in [1.54, 1.807) is 12.3 Å². The number of ketones is 1. The molecule has 0 aliphatic heterocycles. The normalized spacial score (nSPS) is 21.0. The van der Waals surface area contributed by atoms with Crippen molar-refractivity contribution >= 4 is 5.78 Å².